The van der Waals surface area contributed by atoms with Crippen molar-refractivity contribution in [2.75, 3.05) is 0 Å². The third kappa shape index (κ3) is 3.16. The molecule has 2 aliphatic carbocycles. The van der Waals surface area contributed by atoms with Gasteiger partial charge < -0.3 is 4.57 Å². The van der Waals surface area contributed by atoms with Gasteiger partial charge in [0.25, 0.3) is 0 Å². The summed E-state index contributed by atoms with van der Waals surface area (Å²) in [5.74, 6) is 0. The third-order valence-electron chi connectivity index (χ3n) is 11.0. The first-order valence-electron chi connectivity index (χ1n) is 16.8. The van der Waals surface area contributed by atoms with Gasteiger partial charge in [-0.1, -0.05) is 146 Å². The fourth-order valence-corrected chi connectivity index (χ4v) is 9.18. The molecule has 1 spiro atoms. The number of aromatic nitrogens is 1. The van der Waals surface area contributed by atoms with Crippen molar-refractivity contribution in [3.8, 4) is 39.1 Å². The normalized spacial score (nSPS) is 13.6. The molecule has 0 bridgehead atoms. The van der Waals surface area contributed by atoms with Crippen LogP contribution in [-0.2, 0) is 5.41 Å². The lowest BCUT2D eigenvalue weighted by molar-refractivity contribution is 0.793. The Kier molecular flexibility index (Phi) is 5.10. The van der Waals surface area contributed by atoms with Gasteiger partial charge in [0.15, 0.2) is 0 Å². The molecule has 0 saturated heterocycles. The van der Waals surface area contributed by atoms with E-state index in [4.69, 9.17) is 0 Å². The van der Waals surface area contributed by atoms with E-state index in [2.05, 4.69) is 180 Å². The van der Waals surface area contributed by atoms with Gasteiger partial charge in [0.1, 0.15) is 0 Å². The molecule has 0 unspecified atom stereocenters. The molecule has 0 saturated carbocycles. The van der Waals surface area contributed by atoms with Crippen LogP contribution in [0.4, 0.5) is 0 Å². The van der Waals surface area contributed by atoms with Gasteiger partial charge in [0.2, 0.25) is 0 Å². The maximum Gasteiger partial charge on any atom is 0.0726 e. The summed E-state index contributed by atoms with van der Waals surface area (Å²) in [6, 6.07) is 65.5. The molecule has 8 aromatic carbocycles. The van der Waals surface area contributed by atoms with E-state index in [9.17, 15) is 0 Å². The Morgan fingerprint density at radius 1 is 0.333 bits per heavy atom. The molecule has 0 radical (unpaired) electrons. The van der Waals surface area contributed by atoms with Crippen LogP contribution >= 0.6 is 0 Å². The van der Waals surface area contributed by atoms with Gasteiger partial charge in [-0.3, -0.25) is 0 Å². The molecule has 0 aliphatic heterocycles. The maximum atomic E-state index is 2.52. The van der Waals surface area contributed by atoms with E-state index in [0.29, 0.717) is 0 Å². The lowest BCUT2D eigenvalue weighted by Gasteiger charge is -2.31. The topological polar surface area (TPSA) is 4.93 Å². The second-order valence-electron chi connectivity index (χ2n) is 13.2. The van der Waals surface area contributed by atoms with Crippen LogP contribution in [0.1, 0.15) is 22.3 Å². The van der Waals surface area contributed by atoms with Gasteiger partial charge >= 0.3 is 0 Å². The number of fused-ring (bicyclic) bond motifs is 15. The van der Waals surface area contributed by atoms with Crippen molar-refractivity contribution in [2.45, 2.75) is 5.41 Å². The summed E-state index contributed by atoms with van der Waals surface area (Å²) in [4.78, 5) is 0. The molecule has 1 heteroatoms. The van der Waals surface area contributed by atoms with Gasteiger partial charge in [-0.05, 0) is 96.7 Å². The standard InChI is InChI=1S/C47H29N/c1-2-14-30(15-3-1)39-29-43-46(37-21-5-4-16-32(37)39)38-27-26-31(48-44-24-12-8-19-35(44)36-20-9-13-25-45(36)48)28-42(38)47(43)40-22-10-6-17-33(40)34-18-7-11-23-41(34)47/h1-29H. The van der Waals surface area contributed by atoms with Gasteiger partial charge in [-0.2, -0.15) is 0 Å². The minimum atomic E-state index is -0.458. The van der Waals surface area contributed by atoms with Crippen LogP contribution in [0.3, 0.4) is 0 Å². The van der Waals surface area contributed by atoms with Gasteiger partial charge in [-0.15, -0.1) is 0 Å². The van der Waals surface area contributed by atoms with Crippen molar-refractivity contribution in [2.24, 2.45) is 0 Å². The van der Waals surface area contributed by atoms with Crippen LogP contribution in [0.5, 0.6) is 0 Å². The molecule has 1 heterocycles. The number of nitrogens with zero attached hydrogens (tertiary/aromatic N) is 1. The monoisotopic (exact) mass is 607 g/mol. The summed E-state index contributed by atoms with van der Waals surface area (Å²) < 4.78 is 2.46. The van der Waals surface area contributed by atoms with Crippen LogP contribution in [0.15, 0.2) is 176 Å². The Labute approximate surface area is 279 Å². The van der Waals surface area contributed by atoms with Crippen LogP contribution in [0.25, 0.3) is 71.6 Å². The number of hydrogen-bond donors (Lipinski definition) is 0. The first-order valence-corrected chi connectivity index (χ1v) is 16.8. The molecule has 1 nitrogen and oxygen atoms in total. The van der Waals surface area contributed by atoms with Crippen LogP contribution in [0.2, 0.25) is 0 Å². The lowest BCUT2D eigenvalue weighted by Crippen LogP contribution is -2.26. The van der Waals surface area contributed by atoms with Crippen LogP contribution < -0.4 is 0 Å². The maximum absolute atomic E-state index is 2.52. The molecular weight excluding hydrogens is 579 g/mol. The summed E-state index contributed by atoms with van der Waals surface area (Å²) in [7, 11) is 0. The van der Waals surface area contributed by atoms with E-state index < -0.39 is 5.41 Å². The molecule has 9 aromatic rings. The minimum Gasteiger partial charge on any atom is -0.309 e. The van der Waals surface area contributed by atoms with Crippen molar-refractivity contribution in [3.05, 3.63) is 198 Å². The number of hydrogen-bond acceptors (Lipinski definition) is 0. The molecule has 0 atom stereocenters. The Morgan fingerprint density at radius 3 is 1.54 bits per heavy atom. The number of benzene rings is 8. The highest BCUT2D eigenvalue weighted by Gasteiger charge is 2.52. The first kappa shape index (κ1) is 25.9. The highest BCUT2D eigenvalue weighted by Crippen LogP contribution is 2.64. The average Bonchev–Trinajstić information content (AvgIpc) is 3.76. The quantitative estimate of drug-likeness (QED) is 0.184. The molecule has 2 aliphatic rings. The smallest absolute Gasteiger partial charge is 0.0726 e. The highest BCUT2D eigenvalue weighted by atomic mass is 15.0. The summed E-state index contributed by atoms with van der Waals surface area (Å²) in [5, 5.41) is 5.15. The summed E-state index contributed by atoms with van der Waals surface area (Å²) in [5.41, 5.74) is 16.5. The molecule has 0 fully saturated rings. The van der Waals surface area contributed by atoms with Gasteiger partial charge in [0.05, 0.1) is 16.4 Å². The zero-order chi connectivity index (χ0) is 31.4. The summed E-state index contributed by atoms with van der Waals surface area (Å²) >= 11 is 0. The SMILES string of the molecule is c1ccc(-c2cc3c(c4ccccc24)-c2ccc(-n4c5ccccc5c5ccccc54)cc2C32c3ccccc3-c3ccccc32)cc1. The molecule has 222 valence electrons. The molecule has 1 aromatic heterocycles. The predicted molar refractivity (Wildman–Crippen MR) is 200 cm³/mol. The summed E-state index contributed by atoms with van der Waals surface area (Å²) in [6.45, 7) is 0. The van der Waals surface area contributed by atoms with Crippen LogP contribution in [-0.4, -0.2) is 4.57 Å². The Morgan fingerprint density at radius 2 is 0.875 bits per heavy atom. The number of para-hydroxylation sites is 2. The molecule has 11 rings (SSSR count). The summed E-state index contributed by atoms with van der Waals surface area (Å²) in [6.07, 6.45) is 0. The van der Waals surface area contributed by atoms with Crippen molar-refractivity contribution >= 4 is 32.6 Å². The minimum absolute atomic E-state index is 0.458. The van der Waals surface area contributed by atoms with Crippen molar-refractivity contribution < 1.29 is 0 Å². The average molecular weight is 608 g/mol. The fraction of sp³-hybridized carbons (Fsp3) is 0.0213. The zero-order valence-electron chi connectivity index (χ0n) is 26.2. The largest absolute Gasteiger partial charge is 0.309 e. The van der Waals surface area contributed by atoms with Crippen molar-refractivity contribution in [1.29, 1.82) is 0 Å². The van der Waals surface area contributed by atoms with E-state index in [1.165, 1.54) is 93.9 Å². The first-order chi connectivity index (χ1) is 23.8. The molecule has 48 heavy (non-hydrogen) atoms. The van der Waals surface area contributed by atoms with Gasteiger partial charge in [0, 0.05) is 16.5 Å². The Hall–Kier alpha value is -6.18. The predicted octanol–water partition coefficient (Wildman–Crippen LogP) is 11.9. The molecular formula is C47H29N. The van der Waals surface area contributed by atoms with E-state index >= 15 is 0 Å². The Balaban J connectivity index is 1.32. The van der Waals surface area contributed by atoms with E-state index in [-0.39, 0.29) is 0 Å². The zero-order valence-corrected chi connectivity index (χ0v) is 26.2. The van der Waals surface area contributed by atoms with Gasteiger partial charge in [-0.25, -0.2) is 0 Å². The molecule has 0 amide bonds. The van der Waals surface area contributed by atoms with E-state index in [1.807, 2.05) is 0 Å². The Bertz CT molecular complexity index is 2680. The van der Waals surface area contributed by atoms with E-state index in [0.717, 1.165) is 0 Å². The highest BCUT2D eigenvalue weighted by molar-refractivity contribution is 6.12. The van der Waals surface area contributed by atoms with Crippen LogP contribution in [0, 0.1) is 0 Å². The van der Waals surface area contributed by atoms with Crippen molar-refractivity contribution in [3.63, 3.8) is 0 Å². The second-order valence-corrected chi connectivity index (χ2v) is 13.2. The number of rotatable bonds is 2. The third-order valence-corrected chi connectivity index (χ3v) is 11.0. The fourth-order valence-electron chi connectivity index (χ4n) is 9.18. The second kappa shape index (κ2) is 9.44. The lowest BCUT2D eigenvalue weighted by atomic mass is 9.70. The molecule has 0 N–H and O–H groups in total. The van der Waals surface area contributed by atoms with E-state index in [1.54, 1.807) is 0 Å². The van der Waals surface area contributed by atoms with Crippen molar-refractivity contribution in [1.82, 2.24) is 4.57 Å².